The zero-order chi connectivity index (χ0) is 20.5. The Hall–Kier alpha value is -2.87. The normalized spacial score (nSPS) is 10.4. The van der Waals surface area contributed by atoms with Crippen LogP contribution in [0.2, 0.25) is 0 Å². The SMILES string of the molecule is CC(C)NC(=O)CSc1ccccc1C(=O)OCC(=O)Nc1ccccc1F. The van der Waals surface area contributed by atoms with Gasteiger partial charge in [-0.2, -0.15) is 0 Å². The Morgan fingerprint density at radius 1 is 1.04 bits per heavy atom. The van der Waals surface area contributed by atoms with Gasteiger partial charge in [0.15, 0.2) is 6.61 Å². The molecular formula is C20H21FN2O4S. The number of anilines is 1. The number of thioether (sulfide) groups is 1. The molecule has 148 valence electrons. The molecule has 0 aromatic heterocycles. The van der Waals surface area contributed by atoms with Gasteiger partial charge in [0, 0.05) is 10.9 Å². The van der Waals surface area contributed by atoms with Gasteiger partial charge in [-0.3, -0.25) is 9.59 Å². The first-order chi connectivity index (χ1) is 13.4. The van der Waals surface area contributed by atoms with Crippen LogP contribution in [-0.2, 0) is 14.3 Å². The third-order valence-electron chi connectivity index (χ3n) is 3.40. The van der Waals surface area contributed by atoms with E-state index >= 15 is 0 Å². The first-order valence-corrected chi connectivity index (χ1v) is 9.58. The Kier molecular flexibility index (Phi) is 8.01. The number of nitrogens with one attached hydrogen (secondary N) is 2. The summed E-state index contributed by atoms with van der Waals surface area (Å²) in [4.78, 5) is 36.6. The molecule has 0 aliphatic heterocycles. The summed E-state index contributed by atoms with van der Waals surface area (Å²) >= 11 is 1.20. The second kappa shape index (κ2) is 10.5. The first kappa shape index (κ1) is 21.4. The second-order valence-electron chi connectivity index (χ2n) is 6.11. The highest BCUT2D eigenvalue weighted by Gasteiger charge is 2.16. The molecule has 0 unspecified atom stereocenters. The highest BCUT2D eigenvalue weighted by molar-refractivity contribution is 8.00. The Balaban J connectivity index is 1.92. The zero-order valence-electron chi connectivity index (χ0n) is 15.5. The fourth-order valence-electron chi connectivity index (χ4n) is 2.23. The molecule has 2 aromatic carbocycles. The standard InChI is InChI=1S/C20H21FN2O4S/c1-13(2)22-19(25)12-28-17-10-6-3-7-14(17)20(26)27-11-18(24)23-16-9-5-4-8-15(16)21/h3-10,13H,11-12H2,1-2H3,(H,22,25)(H,23,24). The van der Waals surface area contributed by atoms with Gasteiger partial charge in [0.2, 0.25) is 5.91 Å². The molecule has 0 aliphatic rings. The third-order valence-corrected chi connectivity index (χ3v) is 4.47. The van der Waals surface area contributed by atoms with Crippen molar-refractivity contribution >= 4 is 35.2 Å². The molecule has 6 nitrogen and oxygen atoms in total. The molecule has 2 rings (SSSR count). The van der Waals surface area contributed by atoms with Gasteiger partial charge in [0.05, 0.1) is 17.0 Å². The minimum Gasteiger partial charge on any atom is -0.452 e. The number of hydrogen-bond donors (Lipinski definition) is 2. The number of rotatable bonds is 8. The number of para-hydroxylation sites is 1. The molecule has 0 fully saturated rings. The van der Waals surface area contributed by atoms with Crippen molar-refractivity contribution < 1.29 is 23.5 Å². The monoisotopic (exact) mass is 404 g/mol. The highest BCUT2D eigenvalue weighted by Crippen LogP contribution is 2.23. The number of benzene rings is 2. The van der Waals surface area contributed by atoms with Gasteiger partial charge in [-0.15, -0.1) is 11.8 Å². The van der Waals surface area contributed by atoms with E-state index in [1.165, 1.54) is 30.0 Å². The van der Waals surface area contributed by atoms with Gasteiger partial charge in [0.25, 0.3) is 5.91 Å². The smallest absolute Gasteiger partial charge is 0.339 e. The number of carbonyl (C=O) groups excluding carboxylic acids is 3. The summed E-state index contributed by atoms with van der Waals surface area (Å²) in [6.45, 7) is 3.17. The van der Waals surface area contributed by atoms with Crippen molar-refractivity contribution in [3.63, 3.8) is 0 Å². The van der Waals surface area contributed by atoms with Crippen LogP contribution in [0.3, 0.4) is 0 Å². The van der Waals surface area contributed by atoms with Crippen molar-refractivity contribution in [2.24, 2.45) is 0 Å². The maximum atomic E-state index is 13.5. The van der Waals surface area contributed by atoms with Gasteiger partial charge in [-0.05, 0) is 38.1 Å². The van der Waals surface area contributed by atoms with E-state index in [1.807, 2.05) is 13.8 Å². The van der Waals surface area contributed by atoms with Crippen LogP contribution in [-0.4, -0.2) is 36.2 Å². The summed E-state index contributed by atoms with van der Waals surface area (Å²) in [7, 11) is 0. The molecule has 28 heavy (non-hydrogen) atoms. The minimum absolute atomic E-state index is 0.00988. The topological polar surface area (TPSA) is 84.5 Å². The maximum Gasteiger partial charge on any atom is 0.339 e. The van der Waals surface area contributed by atoms with Crippen molar-refractivity contribution in [2.75, 3.05) is 17.7 Å². The molecule has 0 saturated heterocycles. The van der Waals surface area contributed by atoms with Crippen LogP contribution in [0.15, 0.2) is 53.4 Å². The van der Waals surface area contributed by atoms with E-state index in [9.17, 15) is 18.8 Å². The number of esters is 1. The Morgan fingerprint density at radius 2 is 1.71 bits per heavy atom. The van der Waals surface area contributed by atoms with Crippen molar-refractivity contribution in [1.29, 1.82) is 0 Å². The lowest BCUT2D eigenvalue weighted by Gasteiger charge is -2.11. The van der Waals surface area contributed by atoms with E-state index in [-0.39, 0.29) is 29.0 Å². The quantitative estimate of drug-likeness (QED) is 0.521. The molecule has 0 saturated carbocycles. The molecule has 0 bridgehead atoms. The predicted molar refractivity (Wildman–Crippen MR) is 106 cm³/mol. The third kappa shape index (κ3) is 6.70. The van der Waals surface area contributed by atoms with Crippen molar-refractivity contribution in [3.05, 3.63) is 59.9 Å². The summed E-state index contributed by atoms with van der Waals surface area (Å²) in [5.41, 5.74) is 0.263. The molecular weight excluding hydrogens is 383 g/mol. The highest BCUT2D eigenvalue weighted by atomic mass is 32.2. The van der Waals surface area contributed by atoms with Crippen LogP contribution in [0.1, 0.15) is 24.2 Å². The number of carbonyl (C=O) groups is 3. The van der Waals surface area contributed by atoms with Gasteiger partial charge >= 0.3 is 5.97 Å². The number of hydrogen-bond acceptors (Lipinski definition) is 5. The Labute approximate surface area is 166 Å². The minimum atomic E-state index is -0.698. The number of halogens is 1. The van der Waals surface area contributed by atoms with Crippen LogP contribution in [0.5, 0.6) is 0 Å². The number of amides is 2. The summed E-state index contributed by atoms with van der Waals surface area (Å²) < 4.78 is 18.6. The summed E-state index contributed by atoms with van der Waals surface area (Å²) in [5, 5.41) is 5.11. The predicted octanol–water partition coefficient (Wildman–Crippen LogP) is 3.24. The summed E-state index contributed by atoms with van der Waals surface area (Å²) in [6, 6.07) is 12.4. The van der Waals surface area contributed by atoms with Gasteiger partial charge in [-0.1, -0.05) is 24.3 Å². The first-order valence-electron chi connectivity index (χ1n) is 8.59. The van der Waals surface area contributed by atoms with E-state index in [1.54, 1.807) is 30.3 Å². The van der Waals surface area contributed by atoms with Gasteiger partial charge in [-0.25, -0.2) is 9.18 Å². The second-order valence-corrected chi connectivity index (χ2v) is 7.13. The van der Waals surface area contributed by atoms with Gasteiger partial charge in [0.1, 0.15) is 5.82 Å². The zero-order valence-corrected chi connectivity index (χ0v) is 16.3. The summed E-state index contributed by atoms with van der Waals surface area (Å²) in [5.74, 6) is -1.93. The molecule has 0 spiro atoms. The van der Waals surface area contributed by atoms with Crippen LogP contribution >= 0.6 is 11.8 Å². The lowest BCUT2D eigenvalue weighted by atomic mass is 10.2. The Bertz CT molecular complexity index is 858. The maximum absolute atomic E-state index is 13.5. The van der Waals surface area contributed by atoms with E-state index in [2.05, 4.69) is 10.6 Å². The van der Waals surface area contributed by atoms with Crippen LogP contribution in [0.25, 0.3) is 0 Å². The number of ether oxygens (including phenoxy) is 1. The van der Waals surface area contributed by atoms with Crippen molar-refractivity contribution in [3.8, 4) is 0 Å². The lowest BCUT2D eigenvalue weighted by molar-refractivity contribution is -0.119. The lowest BCUT2D eigenvalue weighted by Crippen LogP contribution is -2.31. The fraction of sp³-hybridized carbons (Fsp3) is 0.250. The van der Waals surface area contributed by atoms with Gasteiger partial charge < -0.3 is 15.4 Å². The molecule has 0 atom stereocenters. The van der Waals surface area contributed by atoms with Crippen LogP contribution in [0.4, 0.5) is 10.1 Å². The average molecular weight is 404 g/mol. The van der Waals surface area contributed by atoms with Crippen LogP contribution in [0, 0.1) is 5.82 Å². The van der Waals surface area contributed by atoms with E-state index in [4.69, 9.17) is 4.74 Å². The van der Waals surface area contributed by atoms with E-state index < -0.39 is 24.3 Å². The fourth-order valence-corrected chi connectivity index (χ4v) is 3.08. The largest absolute Gasteiger partial charge is 0.452 e. The van der Waals surface area contributed by atoms with E-state index in [0.717, 1.165) is 0 Å². The molecule has 2 amide bonds. The molecule has 0 heterocycles. The summed E-state index contributed by atoms with van der Waals surface area (Å²) in [6.07, 6.45) is 0. The van der Waals surface area contributed by atoms with Crippen molar-refractivity contribution in [2.45, 2.75) is 24.8 Å². The van der Waals surface area contributed by atoms with Crippen LogP contribution < -0.4 is 10.6 Å². The molecule has 0 radical (unpaired) electrons. The Morgan fingerprint density at radius 3 is 2.43 bits per heavy atom. The van der Waals surface area contributed by atoms with E-state index in [0.29, 0.717) is 4.90 Å². The molecule has 0 aliphatic carbocycles. The van der Waals surface area contributed by atoms with Crippen molar-refractivity contribution in [1.82, 2.24) is 5.32 Å². The molecule has 2 N–H and O–H groups in total. The molecule has 8 heteroatoms. The molecule has 2 aromatic rings. The average Bonchev–Trinajstić information content (AvgIpc) is 2.66.